The van der Waals surface area contributed by atoms with E-state index >= 15 is 0 Å². The van der Waals surface area contributed by atoms with Crippen LogP contribution in [0.3, 0.4) is 0 Å². The SMILES string of the molecule is COC(c1ncc(C(C)N)c(C)n1)C(C)(C)C. The normalized spacial score (nSPS) is 15.7. The van der Waals surface area contributed by atoms with Crippen LogP contribution in [0.4, 0.5) is 0 Å². The fourth-order valence-electron chi connectivity index (χ4n) is 1.91. The molecule has 0 radical (unpaired) electrons. The summed E-state index contributed by atoms with van der Waals surface area (Å²) in [7, 11) is 1.69. The molecule has 0 fully saturated rings. The smallest absolute Gasteiger partial charge is 0.157 e. The highest BCUT2D eigenvalue weighted by molar-refractivity contribution is 5.20. The Morgan fingerprint density at radius 1 is 1.35 bits per heavy atom. The van der Waals surface area contributed by atoms with Crippen LogP contribution in [0.5, 0.6) is 0 Å². The van der Waals surface area contributed by atoms with Gasteiger partial charge in [-0.2, -0.15) is 0 Å². The Morgan fingerprint density at radius 3 is 2.29 bits per heavy atom. The van der Waals surface area contributed by atoms with E-state index in [1.807, 2.05) is 13.8 Å². The van der Waals surface area contributed by atoms with Crippen LogP contribution in [-0.2, 0) is 4.74 Å². The largest absolute Gasteiger partial charge is 0.373 e. The van der Waals surface area contributed by atoms with Gasteiger partial charge in [0.15, 0.2) is 5.82 Å². The van der Waals surface area contributed by atoms with Gasteiger partial charge in [-0.25, -0.2) is 9.97 Å². The lowest BCUT2D eigenvalue weighted by atomic mass is 9.88. The predicted molar refractivity (Wildman–Crippen MR) is 68.6 cm³/mol. The molecule has 0 aliphatic carbocycles. The van der Waals surface area contributed by atoms with Crippen molar-refractivity contribution in [3.63, 3.8) is 0 Å². The first-order valence-electron chi connectivity index (χ1n) is 5.89. The molecule has 0 saturated heterocycles. The summed E-state index contributed by atoms with van der Waals surface area (Å²) in [5, 5.41) is 0. The van der Waals surface area contributed by atoms with Crippen molar-refractivity contribution in [2.24, 2.45) is 11.1 Å². The number of methoxy groups -OCH3 is 1. The van der Waals surface area contributed by atoms with Gasteiger partial charge in [-0.15, -0.1) is 0 Å². The molecule has 1 aromatic heterocycles. The molecule has 4 heteroatoms. The van der Waals surface area contributed by atoms with Crippen molar-refractivity contribution >= 4 is 0 Å². The molecule has 0 saturated carbocycles. The molecule has 1 aromatic rings. The van der Waals surface area contributed by atoms with Crippen LogP contribution in [0.15, 0.2) is 6.20 Å². The van der Waals surface area contributed by atoms with Gasteiger partial charge in [0, 0.05) is 30.6 Å². The highest BCUT2D eigenvalue weighted by atomic mass is 16.5. The van der Waals surface area contributed by atoms with Gasteiger partial charge in [0.05, 0.1) is 0 Å². The Morgan fingerprint density at radius 2 is 1.94 bits per heavy atom. The lowest BCUT2D eigenvalue weighted by molar-refractivity contribution is 0.00849. The summed E-state index contributed by atoms with van der Waals surface area (Å²) < 4.78 is 5.50. The summed E-state index contributed by atoms with van der Waals surface area (Å²) in [5.74, 6) is 0.724. The number of hydrogen-bond donors (Lipinski definition) is 1. The first-order chi connectivity index (χ1) is 7.77. The van der Waals surface area contributed by atoms with Gasteiger partial charge in [-0.3, -0.25) is 0 Å². The van der Waals surface area contributed by atoms with Crippen molar-refractivity contribution in [2.45, 2.75) is 46.8 Å². The number of nitrogens with zero attached hydrogens (tertiary/aromatic N) is 2. The van der Waals surface area contributed by atoms with Crippen molar-refractivity contribution in [1.29, 1.82) is 0 Å². The maximum atomic E-state index is 5.85. The molecule has 1 rings (SSSR count). The van der Waals surface area contributed by atoms with Gasteiger partial charge in [0.1, 0.15) is 6.10 Å². The van der Waals surface area contributed by atoms with Gasteiger partial charge >= 0.3 is 0 Å². The zero-order valence-corrected chi connectivity index (χ0v) is 11.6. The Balaban J connectivity index is 3.12. The molecular formula is C13H23N3O. The number of nitrogens with two attached hydrogens (primary N) is 1. The summed E-state index contributed by atoms with van der Waals surface area (Å²) >= 11 is 0. The number of rotatable bonds is 3. The van der Waals surface area contributed by atoms with Crippen molar-refractivity contribution < 1.29 is 4.74 Å². The van der Waals surface area contributed by atoms with E-state index in [0.717, 1.165) is 17.1 Å². The summed E-state index contributed by atoms with van der Waals surface area (Å²) in [6.07, 6.45) is 1.70. The zero-order chi connectivity index (χ0) is 13.2. The third-order valence-corrected chi connectivity index (χ3v) is 2.78. The third kappa shape index (κ3) is 3.23. The first-order valence-corrected chi connectivity index (χ1v) is 5.89. The van der Waals surface area contributed by atoms with Crippen molar-refractivity contribution in [3.05, 3.63) is 23.3 Å². The number of ether oxygens (including phenoxy) is 1. The van der Waals surface area contributed by atoms with Gasteiger partial charge in [-0.05, 0) is 19.3 Å². The Labute approximate surface area is 104 Å². The molecule has 0 aromatic carbocycles. The minimum atomic E-state index is -0.108. The first kappa shape index (κ1) is 14.1. The van der Waals surface area contributed by atoms with Gasteiger partial charge in [0.25, 0.3) is 0 Å². The van der Waals surface area contributed by atoms with Crippen LogP contribution >= 0.6 is 0 Å². The van der Waals surface area contributed by atoms with Crippen molar-refractivity contribution in [2.75, 3.05) is 7.11 Å². The molecular weight excluding hydrogens is 214 g/mol. The highest BCUT2D eigenvalue weighted by Crippen LogP contribution is 2.33. The average molecular weight is 237 g/mol. The minimum absolute atomic E-state index is 0.0307. The maximum absolute atomic E-state index is 5.85. The van der Waals surface area contributed by atoms with Crippen molar-refractivity contribution in [1.82, 2.24) is 9.97 Å². The summed E-state index contributed by atoms with van der Waals surface area (Å²) in [6, 6.07) is -0.0420. The summed E-state index contributed by atoms with van der Waals surface area (Å²) in [5.41, 5.74) is 7.73. The lowest BCUT2D eigenvalue weighted by Gasteiger charge is -2.28. The standard InChI is InChI=1S/C13H23N3O/c1-8(14)10-7-15-12(16-9(10)2)11(17-6)13(3,4)5/h7-8,11H,14H2,1-6H3. The minimum Gasteiger partial charge on any atom is -0.373 e. The molecule has 0 aliphatic heterocycles. The number of aryl methyl sites for hydroxylation is 1. The van der Waals surface area contributed by atoms with Crippen LogP contribution in [0.2, 0.25) is 0 Å². The second kappa shape index (κ2) is 5.10. The molecule has 0 spiro atoms. The van der Waals surface area contributed by atoms with Crippen LogP contribution in [0, 0.1) is 12.3 Å². The van der Waals surface area contributed by atoms with E-state index in [-0.39, 0.29) is 17.6 Å². The highest BCUT2D eigenvalue weighted by Gasteiger charge is 2.29. The monoisotopic (exact) mass is 237 g/mol. The van der Waals surface area contributed by atoms with E-state index in [0.29, 0.717) is 0 Å². The Kier molecular flexibility index (Phi) is 4.22. The van der Waals surface area contributed by atoms with Crippen LogP contribution in [0.1, 0.15) is 56.9 Å². The molecule has 2 N–H and O–H groups in total. The van der Waals surface area contributed by atoms with Gasteiger partial charge in [-0.1, -0.05) is 20.8 Å². The van der Waals surface area contributed by atoms with Gasteiger partial charge in [0.2, 0.25) is 0 Å². The van der Waals surface area contributed by atoms with E-state index in [1.165, 1.54) is 0 Å². The fraction of sp³-hybridized carbons (Fsp3) is 0.692. The number of hydrogen-bond acceptors (Lipinski definition) is 4. The quantitative estimate of drug-likeness (QED) is 0.877. The predicted octanol–water partition coefficient (Wildman–Crippen LogP) is 2.54. The maximum Gasteiger partial charge on any atom is 0.157 e. The third-order valence-electron chi connectivity index (χ3n) is 2.78. The lowest BCUT2D eigenvalue weighted by Crippen LogP contribution is -2.23. The number of aromatic nitrogens is 2. The van der Waals surface area contributed by atoms with Crippen LogP contribution in [0.25, 0.3) is 0 Å². The van der Waals surface area contributed by atoms with Crippen LogP contribution in [-0.4, -0.2) is 17.1 Å². The van der Waals surface area contributed by atoms with E-state index in [9.17, 15) is 0 Å². The molecule has 2 atom stereocenters. The van der Waals surface area contributed by atoms with E-state index in [2.05, 4.69) is 30.7 Å². The molecule has 0 amide bonds. The van der Waals surface area contributed by atoms with E-state index in [4.69, 9.17) is 10.5 Å². The van der Waals surface area contributed by atoms with Crippen molar-refractivity contribution in [3.8, 4) is 0 Å². The zero-order valence-electron chi connectivity index (χ0n) is 11.6. The molecule has 17 heavy (non-hydrogen) atoms. The molecule has 1 heterocycles. The van der Waals surface area contributed by atoms with E-state index in [1.54, 1.807) is 13.3 Å². The van der Waals surface area contributed by atoms with Crippen LogP contribution < -0.4 is 5.73 Å². The Bertz CT molecular complexity index is 383. The molecule has 0 aliphatic rings. The fourth-order valence-corrected chi connectivity index (χ4v) is 1.91. The molecule has 4 nitrogen and oxygen atoms in total. The molecule has 2 unspecified atom stereocenters. The summed E-state index contributed by atoms with van der Waals surface area (Å²) in [6.45, 7) is 10.2. The second-order valence-corrected chi connectivity index (χ2v) is 5.54. The summed E-state index contributed by atoms with van der Waals surface area (Å²) in [4.78, 5) is 8.90. The second-order valence-electron chi connectivity index (χ2n) is 5.54. The topological polar surface area (TPSA) is 61.0 Å². The van der Waals surface area contributed by atoms with E-state index < -0.39 is 0 Å². The van der Waals surface area contributed by atoms with Gasteiger partial charge < -0.3 is 10.5 Å². The molecule has 96 valence electrons. The average Bonchev–Trinajstić information content (AvgIpc) is 2.15. The Hall–Kier alpha value is -1.00. The molecule has 0 bridgehead atoms.